The van der Waals surface area contributed by atoms with Crippen molar-refractivity contribution in [3.8, 4) is 0 Å². The highest BCUT2D eigenvalue weighted by atomic mass is 16.3. The minimum atomic E-state index is -0.796. The summed E-state index contributed by atoms with van der Waals surface area (Å²) < 4.78 is 0. The van der Waals surface area contributed by atoms with Crippen LogP contribution in [0.15, 0.2) is 11.6 Å². The molecule has 5 aliphatic carbocycles. The fourth-order valence-corrected chi connectivity index (χ4v) is 11.4. The third-order valence-electron chi connectivity index (χ3n) is 13.2. The fourth-order valence-electron chi connectivity index (χ4n) is 11.4. The van der Waals surface area contributed by atoms with Crippen LogP contribution in [0.5, 0.6) is 0 Å². The highest BCUT2D eigenvalue weighted by Gasteiger charge is 2.72. The molecule has 0 saturated heterocycles. The maximum absolute atomic E-state index is 11.8. The van der Waals surface area contributed by atoms with Crippen molar-refractivity contribution in [3.05, 3.63) is 11.6 Å². The van der Waals surface area contributed by atoms with E-state index >= 15 is 0 Å². The van der Waals surface area contributed by atoms with E-state index in [4.69, 9.17) is 0 Å². The second-order valence-electron chi connectivity index (χ2n) is 15.0. The molecule has 0 heterocycles. The van der Waals surface area contributed by atoms with Gasteiger partial charge in [0.05, 0.1) is 24.4 Å². The van der Waals surface area contributed by atoms with Crippen molar-refractivity contribution in [3.63, 3.8) is 0 Å². The summed E-state index contributed by atoms with van der Waals surface area (Å²) in [6.07, 6.45) is 4.32. The maximum Gasteiger partial charge on any atom is 0.0853 e. The Labute approximate surface area is 212 Å². The van der Waals surface area contributed by atoms with Gasteiger partial charge in [0.25, 0.3) is 0 Å². The van der Waals surface area contributed by atoms with Crippen molar-refractivity contribution < 1.29 is 25.5 Å². The molecule has 5 nitrogen and oxygen atoms in total. The molecule has 5 aliphatic rings. The quantitative estimate of drug-likeness (QED) is 0.378. The summed E-state index contributed by atoms with van der Waals surface area (Å²) in [5.41, 5.74) is -0.234. The first-order valence-corrected chi connectivity index (χ1v) is 14.2. The number of fused-ring (bicyclic) bond motifs is 7. The van der Waals surface area contributed by atoms with E-state index in [2.05, 4.69) is 40.7 Å². The van der Waals surface area contributed by atoms with Crippen molar-refractivity contribution in [2.45, 2.75) is 111 Å². The molecule has 0 bridgehead atoms. The number of hydrogen-bond donors (Lipinski definition) is 5. The zero-order valence-corrected chi connectivity index (χ0v) is 23.0. The molecule has 12 atom stereocenters. The number of hydrogen-bond acceptors (Lipinski definition) is 5. The highest BCUT2D eigenvalue weighted by molar-refractivity contribution is 5.35. The molecule has 0 aromatic carbocycles. The summed E-state index contributed by atoms with van der Waals surface area (Å²) in [5, 5.41) is 56.0. The van der Waals surface area contributed by atoms with Gasteiger partial charge in [-0.2, -0.15) is 0 Å². The van der Waals surface area contributed by atoms with E-state index in [1.54, 1.807) is 0 Å². The van der Waals surface area contributed by atoms with Crippen LogP contribution in [0.4, 0.5) is 0 Å². The minimum absolute atomic E-state index is 0.00288. The summed E-state index contributed by atoms with van der Waals surface area (Å²) in [6, 6.07) is 0. The highest BCUT2D eigenvalue weighted by Crippen LogP contribution is 2.76. The zero-order chi connectivity index (χ0) is 25.9. The van der Waals surface area contributed by atoms with E-state index in [1.807, 2.05) is 13.8 Å². The molecule has 4 fully saturated rings. The molecule has 5 rings (SSSR count). The summed E-state index contributed by atoms with van der Waals surface area (Å²) >= 11 is 0. The van der Waals surface area contributed by atoms with Gasteiger partial charge in [-0.05, 0) is 83.9 Å². The molecule has 35 heavy (non-hydrogen) atoms. The lowest BCUT2D eigenvalue weighted by Gasteiger charge is -2.70. The van der Waals surface area contributed by atoms with Crippen LogP contribution in [0, 0.1) is 56.7 Å². The first-order valence-electron chi connectivity index (χ1n) is 14.2. The summed E-state index contributed by atoms with van der Waals surface area (Å²) in [7, 11) is 0. The van der Waals surface area contributed by atoms with E-state index in [-0.39, 0.29) is 46.0 Å². The molecule has 0 aromatic rings. The van der Waals surface area contributed by atoms with Gasteiger partial charge in [0, 0.05) is 17.9 Å². The topological polar surface area (TPSA) is 101 Å². The molecule has 0 radical (unpaired) electrons. The van der Waals surface area contributed by atoms with Gasteiger partial charge in [-0.1, -0.05) is 60.1 Å². The molecule has 5 N–H and O–H groups in total. The van der Waals surface area contributed by atoms with Gasteiger partial charge in [-0.3, -0.25) is 0 Å². The summed E-state index contributed by atoms with van der Waals surface area (Å²) in [5.74, 6) is 0.746. The molecule has 0 unspecified atom stereocenters. The lowest BCUT2D eigenvalue weighted by atomic mass is 9.35. The SMILES string of the molecule is CC(C)[C@@H]1C[C@@H](O)[C@H]2[C@@]1(CO)CC[C@@]1(C)[C@H]3C(=CC[C@]21C)[C@@]1(C)C[C@@H](O)[C@H](O)C(C)(C)[C@@H]1C[C@@H]3O. The van der Waals surface area contributed by atoms with Crippen LogP contribution in [-0.4, -0.2) is 56.6 Å². The van der Waals surface area contributed by atoms with Gasteiger partial charge in [-0.15, -0.1) is 0 Å². The first-order chi connectivity index (χ1) is 16.1. The number of allylic oxidation sites excluding steroid dienone is 1. The van der Waals surface area contributed by atoms with Crippen LogP contribution in [0.1, 0.15) is 87.0 Å². The van der Waals surface area contributed by atoms with Crippen molar-refractivity contribution >= 4 is 0 Å². The molecular weight excluding hydrogens is 440 g/mol. The average molecular weight is 491 g/mol. The molecule has 4 saturated carbocycles. The van der Waals surface area contributed by atoms with Gasteiger partial charge < -0.3 is 25.5 Å². The molecule has 200 valence electrons. The minimum Gasteiger partial charge on any atom is -0.396 e. The van der Waals surface area contributed by atoms with Crippen molar-refractivity contribution in [2.24, 2.45) is 56.7 Å². The fraction of sp³-hybridized carbons (Fsp3) is 0.933. The van der Waals surface area contributed by atoms with Crippen LogP contribution in [0.25, 0.3) is 0 Å². The Balaban J connectivity index is 1.63. The monoisotopic (exact) mass is 490 g/mol. The standard InChI is InChI=1S/C30H50O5/c1-16(2)18-12-20(33)24-29(7)9-8-17-23(28(29,6)10-11-30(18,24)15-31)19(32)13-22-26(3,4)25(35)21(34)14-27(17,22)5/h8,16,18-25,31-35H,9-15H2,1-7H3/t18-,19-,20+,21+,22-,23-,24+,25-,27+,28-,29+,30+/m0/s1. The Bertz CT molecular complexity index is 897. The van der Waals surface area contributed by atoms with Gasteiger partial charge in [0.15, 0.2) is 0 Å². The normalized spacial score (nSPS) is 57.1. The van der Waals surface area contributed by atoms with Gasteiger partial charge in [0.2, 0.25) is 0 Å². The predicted octanol–water partition coefficient (Wildman–Crippen LogP) is 3.91. The van der Waals surface area contributed by atoms with Gasteiger partial charge >= 0.3 is 0 Å². The van der Waals surface area contributed by atoms with Gasteiger partial charge in [0.1, 0.15) is 0 Å². The Hall–Kier alpha value is -0.460. The van der Waals surface area contributed by atoms with E-state index in [0.717, 1.165) is 25.7 Å². The summed E-state index contributed by atoms with van der Waals surface area (Å²) in [6.45, 7) is 15.6. The summed E-state index contributed by atoms with van der Waals surface area (Å²) in [4.78, 5) is 0. The molecule has 0 aromatic heterocycles. The van der Waals surface area contributed by atoms with Crippen molar-refractivity contribution in [1.82, 2.24) is 0 Å². The van der Waals surface area contributed by atoms with Crippen molar-refractivity contribution in [1.29, 1.82) is 0 Å². The van der Waals surface area contributed by atoms with E-state index in [0.29, 0.717) is 24.7 Å². The Morgan fingerprint density at radius 3 is 2.14 bits per heavy atom. The lowest BCUT2D eigenvalue weighted by molar-refractivity contribution is -0.221. The second-order valence-corrected chi connectivity index (χ2v) is 15.0. The van der Waals surface area contributed by atoms with E-state index < -0.39 is 29.8 Å². The Kier molecular flexibility index (Phi) is 5.82. The number of aliphatic hydroxyl groups is 5. The molecule has 0 aliphatic heterocycles. The Morgan fingerprint density at radius 2 is 1.54 bits per heavy atom. The molecule has 0 spiro atoms. The van der Waals surface area contributed by atoms with E-state index in [1.165, 1.54) is 5.57 Å². The van der Waals surface area contributed by atoms with Crippen LogP contribution in [0.2, 0.25) is 0 Å². The number of rotatable bonds is 2. The lowest BCUT2D eigenvalue weighted by Crippen LogP contribution is -2.67. The van der Waals surface area contributed by atoms with Crippen molar-refractivity contribution in [2.75, 3.05) is 6.61 Å². The van der Waals surface area contributed by atoms with Gasteiger partial charge in [-0.25, -0.2) is 0 Å². The van der Waals surface area contributed by atoms with Crippen LogP contribution >= 0.6 is 0 Å². The van der Waals surface area contributed by atoms with Crippen LogP contribution in [0.3, 0.4) is 0 Å². The third-order valence-corrected chi connectivity index (χ3v) is 13.2. The predicted molar refractivity (Wildman–Crippen MR) is 136 cm³/mol. The average Bonchev–Trinajstić information content (AvgIpc) is 3.09. The smallest absolute Gasteiger partial charge is 0.0853 e. The maximum atomic E-state index is 11.8. The van der Waals surface area contributed by atoms with Crippen LogP contribution < -0.4 is 0 Å². The van der Waals surface area contributed by atoms with E-state index in [9.17, 15) is 25.5 Å². The second kappa shape index (κ2) is 7.79. The third kappa shape index (κ3) is 3.00. The Morgan fingerprint density at radius 1 is 0.886 bits per heavy atom. The molecule has 0 amide bonds. The zero-order valence-electron chi connectivity index (χ0n) is 23.0. The molecular formula is C30H50O5. The number of aliphatic hydroxyl groups excluding tert-OH is 5. The largest absolute Gasteiger partial charge is 0.396 e. The van der Waals surface area contributed by atoms with Crippen LogP contribution in [-0.2, 0) is 0 Å². The first kappa shape index (κ1) is 26.2. The molecule has 5 heteroatoms.